The number of pyridine rings is 1. The van der Waals surface area contributed by atoms with Crippen LogP contribution in [0.2, 0.25) is 5.02 Å². The third-order valence-electron chi connectivity index (χ3n) is 5.68. The number of aryl methyl sites for hydroxylation is 1. The highest BCUT2D eigenvalue weighted by Gasteiger charge is 2.40. The van der Waals surface area contributed by atoms with Gasteiger partial charge in [0.2, 0.25) is 5.91 Å². The van der Waals surface area contributed by atoms with Crippen molar-refractivity contribution in [1.82, 2.24) is 14.8 Å². The van der Waals surface area contributed by atoms with E-state index in [-0.39, 0.29) is 36.0 Å². The van der Waals surface area contributed by atoms with Gasteiger partial charge >= 0.3 is 11.8 Å². The van der Waals surface area contributed by atoms with Crippen LogP contribution in [0.4, 0.5) is 15.9 Å². The van der Waals surface area contributed by atoms with Gasteiger partial charge in [-0.2, -0.15) is 0 Å². The maximum atomic E-state index is 13.8. The summed E-state index contributed by atoms with van der Waals surface area (Å²) in [6.45, 7) is 7.43. The van der Waals surface area contributed by atoms with Gasteiger partial charge in [0, 0.05) is 25.0 Å². The molecule has 2 heterocycles. The Morgan fingerprint density at radius 1 is 1.21 bits per heavy atom. The normalized spacial score (nSPS) is 18.4. The molecule has 2 aromatic rings. The second kappa shape index (κ2) is 9.74. The van der Waals surface area contributed by atoms with Crippen LogP contribution in [-0.2, 0) is 14.4 Å². The molecule has 176 valence electrons. The van der Waals surface area contributed by atoms with Crippen LogP contribution < -0.4 is 11.1 Å². The first kappa shape index (κ1) is 24.4. The molecule has 1 fully saturated rings. The quantitative estimate of drug-likeness (QED) is 0.663. The fourth-order valence-electron chi connectivity index (χ4n) is 3.81. The maximum absolute atomic E-state index is 13.8. The fraction of sp³-hybridized carbons (Fsp3) is 0.391. The van der Waals surface area contributed by atoms with Gasteiger partial charge in [-0.15, -0.1) is 0 Å². The average molecular weight is 476 g/mol. The Labute approximate surface area is 196 Å². The van der Waals surface area contributed by atoms with Crippen molar-refractivity contribution in [2.24, 2.45) is 5.92 Å². The predicted octanol–water partition coefficient (Wildman–Crippen LogP) is 3.16. The van der Waals surface area contributed by atoms with Crippen molar-refractivity contribution < 1.29 is 18.8 Å². The van der Waals surface area contributed by atoms with E-state index in [4.69, 9.17) is 17.3 Å². The molecule has 0 aliphatic carbocycles. The van der Waals surface area contributed by atoms with Crippen molar-refractivity contribution in [2.75, 3.05) is 24.1 Å². The fourth-order valence-corrected chi connectivity index (χ4v) is 4.00. The third kappa shape index (κ3) is 5.24. The summed E-state index contributed by atoms with van der Waals surface area (Å²) in [5.41, 5.74) is 7.23. The molecule has 1 aromatic carbocycles. The number of aromatic nitrogens is 1. The third-order valence-corrected chi connectivity index (χ3v) is 5.97. The van der Waals surface area contributed by atoms with Crippen molar-refractivity contribution in [3.05, 3.63) is 52.4 Å². The Morgan fingerprint density at radius 2 is 1.91 bits per heavy atom. The monoisotopic (exact) mass is 475 g/mol. The Hall–Kier alpha value is -3.20. The molecule has 1 aliphatic heterocycles. The molecule has 3 rings (SSSR count). The number of benzene rings is 1. The molecule has 10 heteroatoms. The number of anilines is 2. The van der Waals surface area contributed by atoms with E-state index in [9.17, 15) is 18.8 Å². The molecule has 0 spiro atoms. The first-order valence-electron chi connectivity index (χ1n) is 10.6. The summed E-state index contributed by atoms with van der Waals surface area (Å²) in [5.74, 6) is -2.21. The molecule has 8 nitrogen and oxygen atoms in total. The molecule has 3 N–H and O–H groups in total. The minimum atomic E-state index is -0.852. The van der Waals surface area contributed by atoms with E-state index in [1.165, 1.54) is 29.3 Å². The Bertz CT molecular complexity index is 1090. The van der Waals surface area contributed by atoms with Crippen molar-refractivity contribution in [2.45, 2.75) is 39.8 Å². The minimum Gasteiger partial charge on any atom is -0.383 e. The van der Waals surface area contributed by atoms with Crippen LogP contribution in [0.5, 0.6) is 0 Å². The van der Waals surface area contributed by atoms with E-state index in [0.29, 0.717) is 22.6 Å². The number of nitrogens with one attached hydrogen (secondary N) is 1. The SMILES string of the molecule is Cc1cc(NC(=O)C(=O)N2C[C@@H](C)N(C(=O)C(C)C)C[C@@H]2c2ccc(F)c(Cl)c2)cnc1N. The summed E-state index contributed by atoms with van der Waals surface area (Å²) in [7, 11) is 0. The van der Waals surface area contributed by atoms with Gasteiger partial charge in [-0.05, 0) is 43.2 Å². The largest absolute Gasteiger partial charge is 0.383 e. The molecule has 3 amide bonds. The summed E-state index contributed by atoms with van der Waals surface area (Å²) < 4.78 is 13.8. The Balaban J connectivity index is 1.91. The van der Waals surface area contributed by atoms with Gasteiger partial charge in [-0.3, -0.25) is 14.4 Å². The zero-order valence-corrected chi connectivity index (χ0v) is 19.7. The highest BCUT2D eigenvalue weighted by molar-refractivity contribution is 6.39. The van der Waals surface area contributed by atoms with E-state index in [2.05, 4.69) is 10.3 Å². The molecule has 0 unspecified atom stereocenters. The summed E-state index contributed by atoms with van der Waals surface area (Å²) >= 11 is 5.98. The van der Waals surface area contributed by atoms with Crippen LogP contribution in [0.25, 0.3) is 0 Å². The number of nitrogen functional groups attached to an aromatic ring is 1. The standard InChI is InChI=1S/C23H27ClFN5O3/c1-12(2)22(32)29-11-19(15-5-6-18(25)17(24)8-15)30(10-14(29)4)23(33)21(31)28-16-7-13(3)20(26)27-9-16/h5-9,12,14,19H,10-11H2,1-4H3,(H2,26,27)(H,28,31)/t14-,19-/m1/s1. The van der Waals surface area contributed by atoms with E-state index >= 15 is 0 Å². The lowest BCUT2D eigenvalue weighted by Gasteiger charge is -2.45. The van der Waals surface area contributed by atoms with Gasteiger partial charge in [0.25, 0.3) is 0 Å². The number of nitrogens with two attached hydrogens (primary N) is 1. The molecule has 33 heavy (non-hydrogen) atoms. The number of rotatable bonds is 3. The van der Waals surface area contributed by atoms with E-state index in [1.54, 1.807) is 31.7 Å². The number of hydrogen-bond donors (Lipinski definition) is 2. The first-order valence-corrected chi connectivity index (χ1v) is 11.0. The maximum Gasteiger partial charge on any atom is 0.313 e. The second-order valence-electron chi connectivity index (χ2n) is 8.52. The smallest absolute Gasteiger partial charge is 0.313 e. The Kier molecular flexibility index (Phi) is 7.22. The van der Waals surface area contributed by atoms with Gasteiger partial charge in [0.1, 0.15) is 11.6 Å². The molecule has 2 atom stereocenters. The molecule has 0 saturated carbocycles. The highest BCUT2D eigenvalue weighted by Crippen LogP contribution is 2.31. The number of carbonyl (C=O) groups excluding carboxylic acids is 3. The van der Waals surface area contributed by atoms with Crippen molar-refractivity contribution >= 4 is 40.8 Å². The number of amides is 3. The lowest BCUT2D eigenvalue weighted by Crippen LogP contribution is -2.59. The molecule has 1 aromatic heterocycles. The van der Waals surface area contributed by atoms with E-state index in [0.717, 1.165) is 0 Å². The zero-order valence-electron chi connectivity index (χ0n) is 18.9. The highest BCUT2D eigenvalue weighted by atomic mass is 35.5. The van der Waals surface area contributed by atoms with Gasteiger partial charge in [0.15, 0.2) is 0 Å². The van der Waals surface area contributed by atoms with Crippen molar-refractivity contribution in [3.8, 4) is 0 Å². The van der Waals surface area contributed by atoms with Gasteiger partial charge < -0.3 is 20.9 Å². The number of halogens is 2. The summed E-state index contributed by atoms with van der Waals surface area (Å²) in [5, 5.41) is 2.45. The minimum absolute atomic E-state index is 0.0688. The van der Waals surface area contributed by atoms with Crippen LogP contribution in [0.1, 0.15) is 37.9 Å². The second-order valence-corrected chi connectivity index (χ2v) is 8.93. The average Bonchev–Trinajstić information content (AvgIpc) is 2.77. The van der Waals surface area contributed by atoms with Gasteiger partial charge in [0.05, 0.1) is 22.9 Å². The number of piperazine rings is 1. The number of hydrogen-bond acceptors (Lipinski definition) is 5. The molecule has 0 radical (unpaired) electrons. The predicted molar refractivity (Wildman–Crippen MR) is 124 cm³/mol. The molecule has 1 saturated heterocycles. The number of carbonyl (C=O) groups is 3. The number of nitrogens with zero attached hydrogens (tertiary/aromatic N) is 3. The molecule has 0 bridgehead atoms. The summed E-state index contributed by atoms with van der Waals surface area (Å²) in [4.78, 5) is 45.8. The molecular weight excluding hydrogens is 449 g/mol. The lowest BCUT2D eigenvalue weighted by atomic mass is 9.98. The zero-order chi connectivity index (χ0) is 24.4. The van der Waals surface area contributed by atoms with E-state index < -0.39 is 23.7 Å². The lowest BCUT2D eigenvalue weighted by molar-refractivity contribution is -0.152. The van der Waals surface area contributed by atoms with Crippen molar-refractivity contribution in [1.29, 1.82) is 0 Å². The summed E-state index contributed by atoms with van der Waals surface area (Å²) in [6.07, 6.45) is 1.37. The van der Waals surface area contributed by atoms with Crippen molar-refractivity contribution in [3.63, 3.8) is 0 Å². The van der Waals surface area contributed by atoms with Crippen LogP contribution >= 0.6 is 11.6 Å². The van der Waals surface area contributed by atoms with Crippen LogP contribution in [0, 0.1) is 18.7 Å². The summed E-state index contributed by atoms with van der Waals surface area (Å²) in [6, 6.07) is 4.75. The van der Waals surface area contributed by atoms with Gasteiger partial charge in [-0.25, -0.2) is 9.37 Å². The Morgan fingerprint density at radius 3 is 2.52 bits per heavy atom. The van der Waals surface area contributed by atoms with E-state index in [1.807, 2.05) is 6.92 Å². The van der Waals surface area contributed by atoms with Crippen LogP contribution in [-0.4, -0.2) is 51.6 Å². The first-order chi connectivity index (χ1) is 15.5. The molecular formula is C23H27ClFN5O3. The van der Waals surface area contributed by atoms with Crippen LogP contribution in [0.15, 0.2) is 30.5 Å². The van der Waals surface area contributed by atoms with Gasteiger partial charge in [-0.1, -0.05) is 31.5 Å². The molecule has 1 aliphatic rings. The van der Waals surface area contributed by atoms with Crippen LogP contribution in [0.3, 0.4) is 0 Å². The topological polar surface area (TPSA) is 109 Å².